The van der Waals surface area contributed by atoms with Gasteiger partial charge in [0, 0.05) is 12.8 Å². The van der Waals surface area contributed by atoms with Crippen molar-refractivity contribution in [2.45, 2.75) is 32.6 Å². The summed E-state index contributed by atoms with van der Waals surface area (Å²) in [6.07, 6.45) is 5.93. The molecule has 3 nitrogen and oxygen atoms in total. The molecule has 1 unspecified atom stereocenters. The van der Waals surface area contributed by atoms with Crippen LogP contribution in [0.3, 0.4) is 0 Å². The van der Waals surface area contributed by atoms with E-state index in [1.807, 2.05) is 49.4 Å². The summed E-state index contributed by atoms with van der Waals surface area (Å²) < 4.78 is 4.69. The zero-order chi connectivity index (χ0) is 14.8. The molecule has 1 atom stereocenters. The fourth-order valence-corrected chi connectivity index (χ4v) is 1.99. The average molecular weight is 274 g/mol. The Bertz CT molecular complexity index is 449. The molecule has 20 heavy (non-hydrogen) atoms. The molecular weight excluding hydrogens is 252 g/mol. The van der Waals surface area contributed by atoms with Crippen LogP contribution in [-0.2, 0) is 14.3 Å². The lowest BCUT2D eigenvalue weighted by molar-refractivity contribution is -0.141. The first kappa shape index (κ1) is 16.2. The van der Waals surface area contributed by atoms with Gasteiger partial charge in [0.05, 0.1) is 13.5 Å². The highest BCUT2D eigenvalue weighted by Gasteiger charge is 2.15. The smallest absolute Gasteiger partial charge is 0.306 e. The van der Waals surface area contributed by atoms with Gasteiger partial charge in [-0.2, -0.15) is 0 Å². The van der Waals surface area contributed by atoms with Crippen molar-refractivity contribution in [1.82, 2.24) is 0 Å². The zero-order valence-corrected chi connectivity index (χ0v) is 12.2. The SMILES string of the molecule is CCCC(=O)CC(/C=C/c1ccccc1)CC(=O)OC. The number of carbonyl (C=O) groups excluding carboxylic acids is 2. The summed E-state index contributed by atoms with van der Waals surface area (Å²) >= 11 is 0. The Kier molecular flexibility index (Phi) is 7.33. The molecule has 0 aliphatic heterocycles. The van der Waals surface area contributed by atoms with E-state index < -0.39 is 0 Å². The molecule has 0 saturated heterocycles. The number of ether oxygens (including phenoxy) is 1. The molecule has 1 aromatic rings. The van der Waals surface area contributed by atoms with Crippen LogP contribution in [0, 0.1) is 5.92 Å². The van der Waals surface area contributed by atoms with Gasteiger partial charge in [0.2, 0.25) is 0 Å². The van der Waals surface area contributed by atoms with E-state index in [2.05, 4.69) is 0 Å². The summed E-state index contributed by atoms with van der Waals surface area (Å²) in [5, 5.41) is 0. The Labute approximate surface area is 120 Å². The maximum Gasteiger partial charge on any atom is 0.306 e. The highest BCUT2D eigenvalue weighted by molar-refractivity contribution is 5.80. The Balaban J connectivity index is 2.68. The van der Waals surface area contributed by atoms with Crippen molar-refractivity contribution >= 4 is 17.8 Å². The Hall–Kier alpha value is -1.90. The minimum absolute atomic E-state index is 0.0956. The molecule has 0 saturated carbocycles. The van der Waals surface area contributed by atoms with Crippen LogP contribution in [0.2, 0.25) is 0 Å². The van der Waals surface area contributed by atoms with Gasteiger partial charge in [-0.3, -0.25) is 9.59 Å². The third-order valence-electron chi connectivity index (χ3n) is 3.04. The fraction of sp³-hybridized carbons (Fsp3) is 0.412. The van der Waals surface area contributed by atoms with Gasteiger partial charge >= 0.3 is 5.97 Å². The third-order valence-corrected chi connectivity index (χ3v) is 3.04. The van der Waals surface area contributed by atoms with Crippen LogP contribution in [0.15, 0.2) is 36.4 Å². The van der Waals surface area contributed by atoms with Crippen molar-refractivity contribution in [3.05, 3.63) is 42.0 Å². The van der Waals surface area contributed by atoms with Crippen LogP contribution in [0.25, 0.3) is 6.08 Å². The molecular formula is C17H22O3. The van der Waals surface area contributed by atoms with Gasteiger partial charge in [0.25, 0.3) is 0 Å². The van der Waals surface area contributed by atoms with E-state index >= 15 is 0 Å². The van der Waals surface area contributed by atoms with E-state index in [9.17, 15) is 9.59 Å². The number of carbonyl (C=O) groups is 2. The molecule has 0 bridgehead atoms. The van der Waals surface area contributed by atoms with Gasteiger partial charge < -0.3 is 4.74 Å². The van der Waals surface area contributed by atoms with Crippen molar-refractivity contribution < 1.29 is 14.3 Å². The number of hydrogen-bond donors (Lipinski definition) is 0. The second-order valence-electron chi connectivity index (χ2n) is 4.80. The summed E-state index contributed by atoms with van der Waals surface area (Å²) in [5.74, 6) is -0.183. The van der Waals surface area contributed by atoms with Gasteiger partial charge in [-0.1, -0.05) is 49.4 Å². The Morgan fingerprint density at radius 3 is 2.50 bits per heavy atom. The number of methoxy groups -OCH3 is 1. The zero-order valence-electron chi connectivity index (χ0n) is 12.2. The summed E-state index contributed by atoms with van der Waals surface area (Å²) in [4.78, 5) is 23.2. The van der Waals surface area contributed by atoms with E-state index in [1.165, 1.54) is 7.11 Å². The first-order valence-corrected chi connectivity index (χ1v) is 6.97. The van der Waals surface area contributed by atoms with Gasteiger partial charge in [-0.25, -0.2) is 0 Å². The minimum atomic E-state index is -0.281. The second-order valence-corrected chi connectivity index (χ2v) is 4.80. The average Bonchev–Trinajstić information content (AvgIpc) is 2.46. The molecule has 0 aliphatic rings. The first-order valence-electron chi connectivity index (χ1n) is 6.97. The fourth-order valence-electron chi connectivity index (χ4n) is 1.99. The number of rotatable bonds is 8. The summed E-state index contributed by atoms with van der Waals surface area (Å²) in [7, 11) is 1.37. The topological polar surface area (TPSA) is 43.4 Å². The van der Waals surface area contributed by atoms with Crippen molar-refractivity contribution in [2.24, 2.45) is 5.92 Å². The van der Waals surface area contributed by atoms with E-state index in [0.717, 1.165) is 12.0 Å². The lowest BCUT2D eigenvalue weighted by atomic mass is 9.95. The maximum atomic E-state index is 11.7. The molecule has 108 valence electrons. The van der Waals surface area contributed by atoms with Crippen LogP contribution in [-0.4, -0.2) is 18.9 Å². The minimum Gasteiger partial charge on any atom is -0.469 e. The molecule has 1 rings (SSSR count). The van der Waals surface area contributed by atoms with Crippen LogP contribution in [0.1, 0.15) is 38.2 Å². The number of allylic oxidation sites excluding steroid dienone is 1. The van der Waals surface area contributed by atoms with Crippen LogP contribution in [0.4, 0.5) is 0 Å². The van der Waals surface area contributed by atoms with Crippen molar-refractivity contribution in [3.63, 3.8) is 0 Å². The summed E-state index contributed by atoms with van der Waals surface area (Å²) in [6, 6.07) is 9.83. The van der Waals surface area contributed by atoms with Gasteiger partial charge in [-0.05, 0) is 17.9 Å². The molecule has 0 amide bonds. The molecule has 0 spiro atoms. The monoisotopic (exact) mass is 274 g/mol. The van der Waals surface area contributed by atoms with Gasteiger partial charge in [-0.15, -0.1) is 0 Å². The predicted octanol–water partition coefficient (Wildman–Crippen LogP) is 3.64. The van der Waals surface area contributed by atoms with Crippen molar-refractivity contribution in [2.75, 3.05) is 7.11 Å². The molecule has 0 fully saturated rings. The number of Topliss-reactive ketones (excluding diaryl/α,β-unsaturated/α-hetero) is 1. The van der Waals surface area contributed by atoms with Crippen molar-refractivity contribution in [1.29, 1.82) is 0 Å². The lowest BCUT2D eigenvalue weighted by Crippen LogP contribution is -2.12. The molecule has 0 N–H and O–H groups in total. The van der Waals surface area contributed by atoms with Gasteiger partial charge in [0.1, 0.15) is 5.78 Å². The van der Waals surface area contributed by atoms with Crippen LogP contribution >= 0.6 is 0 Å². The number of esters is 1. The Morgan fingerprint density at radius 2 is 1.90 bits per heavy atom. The second kappa shape index (κ2) is 9.08. The molecule has 0 heterocycles. The normalized spacial score (nSPS) is 12.3. The van der Waals surface area contributed by atoms with Crippen LogP contribution in [0.5, 0.6) is 0 Å². The number of benzene rings is 1. The summed E-state index contributed by atoms with van der Waals surface area (Å²) in [5.41, 5.74) is 1.06. The third kappa shape index (κ3) is 6.32. The van der Waals surface area contributed by atoms with E-state index in [4.69, 9.17) is 4.74 Å². The molecule has 1 aromatic carbocycles. The highest BCUT2D eigenvalue weighted by atomic mass is 16.5. The highest BCUT2D eigenvalue weighted by Crippen LogP contribution is 2.16. The standard InChI is InChI=1S/C17H22O3/c1-3-7-16(18)12-15(13-17(19)20-2)11-10-14-8-5-4-6-9-14/h4-6,8-11,15H,3,7,12-13H2,1-2H3/b11-10+. The number of hydrogen-bond acceptors (Lipinski definition) is 3. The van der Waals surface area contributed by atoms with E-state index in [0.29, 0.717) is 12.8 Å². The molecule has 0 aromatic heterocycles. The largest absolute Gasteiger partial charge is 0.469 e. The molecule has 0 aliphatic carbocycles. The van der Waals surface area contributed by atoms with Crippen LogP contribution < -0.4 is 0 Å². The Morgan fingerprint density at radius 1 is 1.20 bits per heavy atom. The molecule has 3 heteroatoms. The first-order chi connectivity index (χ1) is 9.65. The number of ketones is 1. The molecule has 0 radical (unpaired) electrons. The van der Waals surface area contributed by atoms with Gasteiger partial charge in [0.15, 0.2) is 0 Å². The predicted molar refractivity (Wildman–Crippen MR) is 80.1 cm³/mol. The van der Waals surface area contributed by atoms with E-state index in [1.54, 1.807) is 0 Å². The maximum absolute atomic E-state index is 11.7. The quantitative estimate of drug-likeness (QED) is 0.680. The lowest BCUT2D eigenvalue weighted by Gasteiger charge is -2.10. The van der Waals surface area contributed by atoms with E-state index in [-0.39, 0.29) is 24.1 Å². The van der Waals surface area contributed by atoms with Crippen molar-refractivity contribution in [3.8, 4) is 0 Å². The summed E-state index contributed by atoms with van der Waals surface area (Å²) in [6.45, 7) is 1.98.